The highest BCUT2D eigenvalue weighted by Crippen LogP contribution is 2.52. The van der Waals surface area contributed by atoms with E-state index in [9.17, 15) is 0 Å². The van der Waals surface area contributed by atoms with Crippen molar-refractivity contribution in [2.24, 2.45) is 0 Å². The smallest absolute Gasteiger partial charge is 0.333 e. The molecule has 1 aromatic heterocycles. The van der Waals surface area contributed by atoms with Crippen LogP contribution in [-0.4, -0.2) is 11.3 Å². The van der Waals surface area contributed by atoms with Crippen LogP contribution in [-0.2, 0) is 16.2 Å². The largest absolute Gasteiger partial charge is 0.375 e. The lowest BCUT2D eigenvalue weighted by molar-refractivity contribution is 0.590. The maximum absolute atomic E-state index is 2.73. The van der Waals surface area contributed by atoms with Gasteiger partial charge in [-0.1, -0.05) is 178 Å². The molecule has 0 atom stereocenters. The van der Waals surface area contributed by atoms with Crippen LogP contribution in [0.1, 0.15) is 79.0 Å². The van der Waals surface area contributed by atoms with Gasteiger partial charge >= 0.3 is 6.85 Å². The van der Waals surface area contributed by atoms with E-state index >= 15 is 0 Å². The molecule has 2 aliphatic heterocycles. The zero-order chi connectivity index (χ0) is 53.0. The van der Waals surface area contributed by atoms with E-state index in [1.165, 1.54) is 71.7 Å². The lowest BCUT2D eigenvalue weighted by Gasteiger charge is -2.43. The van der Waals surface area contributed by atoms with Crippen LogP contribution < -0.4 is 25.6 Å². The molecule has 3 heterocycles. The molecule has 4 nitrogen and oxygen atoms in total. The normalized spacial score (nSPS) is 12.9. The maximum atomic E-state index is 2.73. The Morgan fingerprint density at radius 3 is 1.35 bits per heavy atom. The Bertz CT molecular complexity index is 3950. The van der Waals surface area contributed by atoms with Gasteiger partial charge in [0.05, 0.1) is 5.69 Å². The molecule has 0 fully saturated rings. The van der Waals surface area contributed by atoms with Gasteiger partial charge in [-0.25, -0.2) is 0 Å². The first kappa shape index (κ1) is 48.1. The second-order valence-electron chi connectivity index (χ2n) is 24.3. The summed E-state index contributed by atoms with van der Waals surface area (Å²) in [6.45, 7) is 20.9. The summed E-state index contributed by atoms with van der Waals surface area (Å²) >= 11 is 0. The molecule has 0 bridgehead atoms. The number of hydrogen-bond acceptors (Lipinski definition) is 3. The predicted molar refractivity (Wildman–Crippen MR) is 331 cm³/mol. The summed E-state index contributed by atoms with van der Waals surface area (Å²) in [7, 11) is 0. The van der Waals surface area contributed by atoms with E-state index in [4.69, 9.17) is 0 Å². The minimum absolute atomic E-state index is 0.0409. The third-order valence-corrected chi connectivity index (χ3v) is 16.1. The van der Waals surface area contributed by atoms with Crippen LogP contribution in [0.2, 0.25) is 0 Å². The van der Waals surface area contributed by atoms with Crippen molar-refractivity contribution >= 4 is 90.8 Å². The van der Waals surface area contributed by atoms with E-state index in [1.807, 2.05) is 0 Å². The van der Waals surface area contributed by atoms with Crippen molar-refractivity contribution in [3.05, 3.63) is 247 Å². The molecule has 0 aliphatic carbocycles. The summed E-state index contributed by atoms with van der Waals surface area (Å²) in [5.74, 6) is 0. The average molecular weight is 997 g/mol. The van der Waals surface area contributed by atoms with Crippen molar-refractivity contribution in [1.82, 2.24) is 4.48 Å². The zero-order valence-corrected chi connectivity index (χ0v) is 45.8. The molecule has 10 aromatic carbocycles. The first-order chi connectivity index (χ1) is 37.1. The number of benzene rings is 10. The molecule has 0 radical (unpaired) electrons. The van der Waals surface area contributed by atoms with Gasteiger partial charge < -0.3 is 19.2 Å². The molecule has 0 N–H and O–H groups in total. The second-order valence-corrected chi connectivity index (χ2v) is 24.3. The molecule has 376 valence electrons. The van der Waals surface area contributed by atoms with Crippen LogP contribution in [0.4, 0.5) is 51.2 Å². The van der Waals surface area contributed by atoms with Crippen molar-refractivity contribution in [2.75, 3.05) is 14.7 Å². The fourth-order valence-electron chi connectivity index (χ4n) is 12.2. The van der Waals surface area contributed by atoms with Crippen LogP contribution in [0.3, 0.4) is 0 Å². The van der Waals surface area contributed by atoms with E-state index in [-0.39, 0.29) is 23.1 Å². The minimum Gasteiger partial charge on any atom is -0.375 e. The van der Waals surface area contributed by atoms with Crippen LogP contribution >= 0.6 is 0 Å². The molecule has 13 rings (SSSR count). The summed E-state index contributed by atoms with van der Waals surface area (Å²) in [5.41, 5.74) is 23.7. The molecule has 2 aliphatic rings. The zero-order valence-electron chi connectivity index (χ0n) is 45.8. The van der Waals surface area contributed by atoms with Crippen LogP contribution in [0.15, 0.2) is 231 Å². The van der Waals surface area contributed by atoms with Crippen molar-refractivity contribution in [3.63, 3.8) is 0 Å². The molecule has 0 unspecified atom stereocenters. The van der Waals surface area contributed by atoms with Crippen LogP contribution in [0.25, 0.3) is 44.1 Å². The number of hydrogen-bond donors (Lipinski definition) is 0. The van der Waals surface area contributed by atoms with Crippen molar-refractivity contribution in [1.29, 1.82) is 0 Å². The molecule has 0 saturated carbocycles. The fourth-order valence-corrected chi connectivity index (χ4v) is 12.2. The number of rotatable bonds is 8. The Morgan fingerprint density at radius 1 is 0.338 bits per heavy atom. The molecule has 0 saturated heterocycles. The number of fused-ring (bicyclic) bond motifs is 7. The third-order valence-electron chi connectivity index (χ3n) is 16.1. The van der Waals surface area contributed by atoms with Gasteiger partial charge in [0.15, 0.2) is 0 Å². The monoisotopic (exact) mass is 997 g/mol. The van der Waals surface area contributed by atoms with Crippen LogP contribution in [0.5, 0.6) is 0 Å². The topological polar surface area (TPSA) is 14.7 Å². The van der Waals surface area contributed by atoms with Gasteiger partial charge in [0, 0.05) is 78.4 Å². The number of aromatic nitrogens is 1. The second kappa shape index (κ2) is 18.1. The maximum Gasteiger partial charge on any atom is 0.333 e. The van der Waals surface area contributed by atoms with Gasteiger partial charge in [0.2, 0.25) is 0 Å². The van der Waals surface area contributed by atoms with Crippen molar-refractivity contribution in [2.45, 2.75) is 78.6 Å². The van der Waals surface area contributed by atoms with E-state index in [1.54, 1.807) is 0 Å². The molecular weight excluding hydrogens is 932 g/mol. The highest BCUT2D eigenvalue weighted by molar-refractivity contribution is 6.90. The number of nitrogens with zero attached hydrogens (tertiary/aromatic N) is 4. The highest BCUT2D eigenvalue weighted by atomic mass is 15.2. The van der Waals surface area contributed by atoms with Gasteiger partial charge in [0.25, 0.3) is 0 Å². The molecule has 0 spiro atoms. The van der Waals surface area contributed by atoms with Gasteiger partial charge in [-0.2, -0.15) is 0 Å². The van der Waals surface area contributed by atoms with Crippen molar-refractivity contribution in [3.8, 4) is 22.3 Å². The van der Waals surface area contributed by atoms with Gasteiger partial charge in [-0.05, 0) is 170 Å². The van der Waals surface area contributed by atoms with E-state index < -0.39 is 0 Å². The molecular formula is C72H65BN4. The van der Waals surface area contributed by atoms with E-state index in [0.717, 1.165) is 51.2 Å². The molecule has 77 heavy (non-hydrogen) atoms. The highest BCUT2D eigenvalue weighted by Gasteiger charge is 2.45. The SMILES string of the molecule is CC(C)(C)c1ccc(N2c3ccc(N(c4ccccc4)c4ccccc4)cc3B3c4c(cc(N(c5ccccc5)c5ccccc5)cc42)-c2cc(C(C)(C)C)cc4c5cc(C(C)(C)C)ccc5n3c24)c(-c2ccccc2)c1. The minimum atomic E-state index is -0.196. The van der Waals surface area contributed by atoms with E-state index in [2.05, 4.69) is 312 Å². The Balaban J connectivity index is 1.21. The lowest BCUT2D eigenvalue weighted by Crippen LogP contribution is -2.56. The standard InChI is InChI=1S/C72H65BN4/c1-70(2,3)49-35-38-64(58(41-49)48-25-15-10-16-26-48)76-66-40-37-56(74(52-27-17-11-18-28-52)53-29-19-12-20-30-53)46-63(66)73-68-60(45-57(47-67(68)76)75(54-31-21-13-22-32-54)55-33-23-14-24-34-55)62-44-51(72(7,8)9)43-61-59-42-50(71(4,5)6)36-39-65(59)77(73)69(61)62/h10-47H,1-9H3. The summed E-state index contributed by atoms with van der Waals surface area (Å²) in [6.07, 6.45) is 0. The summed E-state index contributed by atoms with van der Waals surface area (Å²) < 4.78 is 2.73. The Kier molecular flexibility index (Phi) is 11.3. The van der Waals surface area contributed by atoms with Gasteiger partial charge in [-0.3, -0.25) is 0 Å². The number of para-hydroxylation sites is 4. The van der Waals surface area contributed by atoms with Gasteiger partial charge in [0.1, 0.15) is 0 Å². The summed E-state index contributed by atoms with van der Waals surface area (Å²) in [5, 5.41) is 2.59. The fraction of sp³-hybridized carbons (Fsp3) is 0.167. The third kappa shape index (κ3) is 8.14. The summed E-state index contributed by atoms with van der Waals surface area (Å²) in [4.78, 5) is 7.49. The predicted octanol–water partition coefficient (Wildman–Crippen LogP) is 18.7. The summed E-state index contributed by atoms with van der Waals surface area (Å²) in [6, 6.07) is 86.4. The van der Waals surface area contributed by atoms with Crippen LogP contribution in [0, 0.1) is 0 Å². The lowest BCUT2D eigenvalue weighted by atomic mass is 9.45. The average Bonchev–Trinajstić information content (AvgIpc) is 4.07. The number of anilines is 9. The Labute approximate surface area is 455 Å². The van der Waals surface area contributed by atoms with E-state index in [0.29, 0.717) is 0 Å². The molecule has 11 aromatic rings. The molecule has 0 amide bonds. The Morgan fingerprint density at radius 2 is 0.805 bits per heavy atom. The van der Waals surface area contributed by atoms with Crippen molar-refractivity contribution < 1.29 is 0 Å². The van der Waals surface area contributed by atoms with Gasteiger partial charge in [-0.15, -0.1) is 0 Å². The molecule has 5 heteroatoms. The quantitative estimate of drug-likeness (QED) is 0.141. The first-order valence-corrected chi connectivity index (χ1v) is 27.4. The first-order valence-electron chi connectivity index (χ1n) is 27.4. The Hall–Kier alpha value is -8.54.